The highest BCUT2D eigenvalue weighted by Gasteiger charge is 2.11. The van der Waals surface area contributed by atoms with Gasteiger partial charge in [-0.25, -0.2) is 0 Å². The number of nitrogens with one attached hydrogen (secondary N) is 1. The zero-order valence-electron chi connectivity index (χ0n) is 9.61. The Bertz CT molecular complexity index is 496. The van der Waals surface area contributed by atoms with Crippen LogP contribution in [0, 0.1) is 6.92 Å². The van der Waals surface area contributed by atoms with Crippen molar-refractivity contribution in [2.24, 2.45) is 5.84 Å². The van der Waals surface area contributed by atoms with Crippen LogP contribution in [0.4, 0.5) is 0 Å². The highest BCUT2D eigenvalue weighted by atomic mass is 79.9. The van der Waals surface area contributed by atoms with Crippen LogP contribution in [-0.4, -0.2) is 0 Å². The number of hydrogen-bond donors (Lipinski definition) is 2. The highest BCUT2D eigenvalue weighted by Crippen LogP contribution is 2.24. The zero-order chi connectivity index (χ0) is 12.3. The molecule has 1 aromatic heterocycles. The maximum atomic E-state index is 5.64. The number of nitrogens with two attached hydrogens (primary N) is 1. The van der Waals surface area contributed by atoms with Gasteiger partial charge in [-0.3, -0.25) is 11.3 Å². The van der Waals surface area contributed by atoms with Crippen molar-refractivity contribution in [2.75, 3.05) is 0 Å². The summed E-state index contributed by atoms with van der Waals surface area (Å²) in [7, 11) is 0. The third-order valence-electron chi connectivity index (χ3n) is 2.68. The van der Waals surface area contributed by atoms with Crippen LogP contribution in [0.5, 0.6) is 0 Å². The molecule has 0 aliphatic heterocycles. The van der Waals surface area contributed by atoms with Crippen LogP contribution in [-0.2, 0) is 6.42 Å². The molecular weight excluding hydrogens is 296 g/mol. The minimum Gasteiger partial charge on any atom is -0.271 e. The number of thiophene rings is 1. The van der Waals surface area contributed by atoms with Crippen molar-refractivity contribution in [1.29, 1.82) is 0 Å². The molecule has 2 aromatic rings. The lowest BCUT2D eigenvalue weighted by molar-refractivity contribution is 0.553. The fraction of sp³-hybridized carbons (Fsp3) is 0.231. The highest BCUT2D eigenvalue weighted by molar-refractivity contribution is 9.10. The predicted molar refractivity (Wildman–Crippen MR) is 77.0 cm³/mol. The Morgan fingerprint density at radius 3 is 2.82 bits per heavy atom. The fourth-order valence-corrected chi connectivity index (χ4v) is 3.02. The largest absolute Gasteiger partial charge is 0.271 e. The number of aryl methyl sites for hydroxylation is 1. The van der Waals surface area contributed by atoms with Crippen LogP contribution in [0.2, 0.25) is 0 Å². The Hall–Kier alpha value is -0.680. The summed E-state index contributed by atoms with van der Waals surface area (Å²) in [6.45, 7) is 2.11. The van der Waals surface area contributed by atoms with E-state index >= 15 is 0 Å². The van der Waals surface area contributed by atoms with Crippen molar-refractivity contribution in [2.45, 2.75) is 19.4 Å². The molecule has 0 amide bonds. The Kier molecular flexibility index (Phi) is 4.34. The molecule has 1 aromatic carbocycles. The minimum atomic E-state index is 0.175. The molecule has 1 heterocycles. The minimum absolute atomic E-state index is 0.175. The van der Waals surface area contributed by atoms with Gasteiger partial charge < -0.3 is 0 Å². The Balaban J connectivity index is 2.15. The average molecular weight is 311 g/mol. The molecule has 1 atom stereocenters. The first-order valence-corrected chi connectivity index (χ1v) is 7.12. The third-order valence-corrected chi connectivity index (χ3v) is 4.06. The Labute approximate surface area is 114 Å². The summed E-state index contributed by atoms with van der Waals surface area (Å²) < 4.78 is 1.10. The molecule has 0 aliphatic rings. The molecule has 0 bridgehead atoms. The maximum absolute atomic E-state index is 5.64. The van der Waals surface area contributed by atoms with Gasteiger partial charge in [0.15, 0.2) is 0 Å². The molecule has 0 saturated carbocycles. The first-order valence-electron chi connectivity index (χ1n) is 5.44. The zero-order valence-corrected chi connectivity index (χ0v) is 12.0. The lowest BCUT2D eigenvalue weighted by atomic mass is 10.0. The van der Waals surface area contributed by atoms with Crippen LogP contribution in [0.25, 0.3) is 0 Å². The van der Waals surface area contributed by atoms with E-state index < -0.39 is 0 Å². The quantitative estimate of drug-likeness (QED) is 0.669. The number of rotatable bonds is 4. The summed E-state index contributed by atoms with van der Waals surface area (Å²) in [6, 6.07) is 10.7. The maximum Gasteiger partial charge on any atom is 0.0508 e. The molecule has 17 heavy (non-hydrogen) atoms. The van der Waals surface area contributed by atoms with Crippen LogP contribution < -0.4 is 11.3 Å². The lowest BCUT2D eigenvalue weighted by Gasteiger charge is -2.14. The molecular formula is C13H15BrN2S. The van der Waals surface area contributed by atoms with Gasteiger partial charge in [0.05, 0.1) is 6.04 Å². The van der Waals surface area contributed by atoms with E-state index in [1.807, 2.05) is 12.1 Å². The summed E-state index contributed by atoms with van der Waals surface area (Å²) in [5.41, 5.74) is 5.42. The number of hydrogen-bond acceptors (Lipinski definition) is 3. The first-order chi connectivity index (χ1) is 8.19. The summed E-state index contributed by atoms with van der Waals surface area (Å²) >= 11 is 5.24. The van der Waals surface area contributed by atoms with E-state index in [0.717, 1.165) is 10.9 Å². The van der Waals surface area contributed by atoms with Gasteiger partial charge in [-0.2, -0.15) is 0 Å². The molecule has 0 spiro atoms. The fourth-order valence-electron chi connectivity index (χ4n) is 1.82. The van der Waals surface area contributed by atoms with Gasteiger partial charge in [-0.1, -0.05) is 28.1 Å². The topological polar surface area (TPSA) is 38.0 Å². The summed E-state index contributed by atoms with van der Waals surface area (Å²) in [5, 5.41) is 2.16. The van der Waals surface area contributed by atoms with E-state index in [4.69, 9.17) is 5.84 Å². The molecule has 0 aliphatic carbocycles. The lowest BCUT2D eigenvalue weighted by Crippen LogP contribution is -2.29. The van der Waals surface area contributed by atoms with Gasteiger partial charge in [-0.15, -0.1) is 11.3 Å². The van der Waals surface area contributed by atoms with Gasteiger partial charge >= 0.3 is 0 Å². The van der Waals surface area contributed by atoms with E-state index in [9.17, 15) is 0 Å². The van der Waals surface area contributed by atoms with Crippen molar-refractivity contribution >= 4 is 27.3 Å². The normalized spacial score (nSPS) is 12.6. The molecule has 2 rings (SSSR count). The van der Waals surface area contributed by atoms with E-state index in [1.165, 1.54) is 16.0 Å². The second-order valence-corrected chi connectivity index (χ2v) is 6.08. The SMILES string of the molecule is Cc1cc(C(Cc2cccc(Br)c2)NN)cs1. The average Bonchev–Trinajstić information content (AvgIpc) is 2.73. The second-order valence-electron chi connectivity index (χ2n) is 4.04. The number of halogens is 1. The predicted octanol–water partition coefficient (Wildman–Crippen LogP) is 3.57. The van der Waals surface area contributed by atoms with E-state index in [1.54, 1.807) is 11.3 Å². The summed E-state index contributed by atoms with van der Waals surface area (Å²) in [6.07, 6.45) is 0.895. The van der Waals surface area contributed by atoms with Gasteiger partial charge in [0.1, 0.15) is 0 Å². The van der Waals surface area contributed by atoms with Crippen LogP contribution in [0.1, 0.15) is 22.0 Å². The van der Waals surface area contributed by atoms with E-state index in [0.29, 0.717) is 0 Å². The van der Waals surface area contributed by atoms with Crippen molar-refractivity contribution < 1.29 is 0 Å². The smallest absolute Gasteiger partial charge is 0.0508 e. The number of hydrazine groups is 1. The van der Waals surface area contributed by atoms with E-state index in [2.05, 4.69) is 51.9 Å². The molecule has 3 N–H and O–H groups in total. The standard InChI is InChI=1S/C13H15BrN2S/c1-9-5-11(8-17-9)13(16-15)7-10-3-2-4-12(14)6-10/h2-6,8,13,16H,7,15H2,1H3. The van der Waals surface area contributed by atoms with Gasteiger partial charge in [0.25, 0.3) is 0 Å². The van der Waals surface area contributed by atoms with Gasteiger partial charge in [0, 0.05) is 9.35 Å². The van der Waals surface area contributed by atoms with Crippen LogP contribution in [0.3, 0.4) is 0 Å². The van der Waals surface area contributed by atoms with Crippen molar-refractivity contribution in [3.63, 3.8) is 0 Å². The van der Waals surface area contributed by atoms with Crippen LogP contribution >= 0.6 is 27.3 Å². The summed E-state index contributed by atoms with van der Waals surface area (Å²) in [5.74, 6) is 5.64. The van der Waals surface area contributed by atoms with Crippen molar-refractivity contribution in [1.82, 2.24) is 5.43 Å². The molecule has 4 heteroatoms. The van der Waals surface area contributed by atoms with E-state index in [-0.39, 0.29) is 6.04 Å². The van der Waals surface area contributed by atoms with Crippen molar-refractivity contribution in [3.8, 4) is 0 Å². The molecule has 1 unspecified atom stereocenters. The molecule has 90 valence electrons. The first kappa shape index (κ1) is 12.8. The van der Waals surface area contributed by atoms with Crippen molar-refractivity contribution in [3.05, 3.63) is 56.2 Å². The Morgan fingerprint density at radius 1 is 1.41 bits per heavy atom. The molecule has 2 nitrogen and oxygen atoms in total. The molecule has 0 radical (unpaired) electrons. The Morgan fingerprint density at radius 2 is 2.24 bits per heavy atom. The second kappa shape index (κ2) is 5.78. The van der Waals surface area contributed by atoms with Crippen LogP contribution in [0.15, 0.2) is 40.2 Å². The molecule has 0 saturated heterocycles. The monoisotopic (exact) mass is 310 g/mol. The van der Waals surface area contributed by atoms with Gasteiger partial charge in [-0.05, 0) is 48.1 Å². The van der Waals surface area contributed by atoms with Gasteiger partial charge in [0.2, 0.25) is 0 Å². The summed E-state index contributed by atoms with van der Waals surface area (Å²) in [4.78, 5) is 1.31. The molecule has 0 fully saturated rings. The third kappa shape index (κ3) is 3.39. The number of benzene rings is 1.